The second kappa shape index (κ2) is 5.62. The number of nitrogens with zero attached hydrogens (tertiary/aromatic N) is 2. The van der Waals surface area contributed by atoms with Gasteiger partial charge in [0.1, 0.15) is 10.7 Å². The van der Waals surface area contributed by atoms with Crippen LogP contribution in [0.3, 0.4) is 0 Å². The van der Waals surface area contributed by atoms with Gasteiger partial charge in [0.15, 0.2) is 0 Å². The molecule has 3 nitrogen and oxygen atoms in total. The molecule has 0 fully saturated rings. The van der Waals surface area contributed by atoms with Crippen molar-refractivity contribution in [2.24, 2.45) is 7.05 Å². The Morgan fingerprint density at radius 1 is 1.24 bits per heavy atom. The molecule has 0 saturated heterocycles. The number of nitrogen functional groups attached to an aromatic ring is 1. The zero-order valence-corrected chi connectivity index (χ0v) is 13.3. The first-order valence-electron chi connectivity index (χ1n) is 5.60. The molecule has 9 heteroatoms. The summed E-state index contributed by atoms with van der Waals surface area (Å²) in [7, 11) is 1.68. The van der Waals surface area contributed by atoms with E-state index in [0.29, 0.717) is 10.7 Å². The monoisotopic (exact) mass is 355 g/mol. The lowest BCUT2D eigenvalue weighted by atomic mass is 10.1. The van der Waals surface area contributed by atoms with E-state index in [9.17, 15) is 13.2 Å². The fraction of sp³-hybridized carbons (Fsp3) is 0.250. The quantitative estimate of drug-likeness (QED) is 0.792. The van der Waals surface area contributed by atoms with Gasteiger partial charge in [-0.15, -0.1) is 11.8 Å². The number of alkyl halides is 3. The zero-order chi connectivity index (χ0) is 15.9. The maximum atomic E-state index is 12.7. The normalized spacial score (nSPS) is 12.0. The minimum atomic E-state index is -4.52. The van der Waals surface area contributed by atoms with Gasteiger partial charge in [-0.05, 0) is 18.4 Å². The number of hydrogen-bond acceptors (Lipinski definition) is 3. The van der Waals surface area contributed by atoms with Crippen LogP contribution in [0, 0.1) is 0 Å². The number of benzene rings is 1. The minimum Gasteiger partial charge on any atom is -0.395 e. The molecule has 21 heavy (non-hydrogen) atoms. The van der Waals surface area contributed by atoms with E-state index in [0.717, 1.165) is 12.1 Å². The second-order valence-electron chi connectivity index (χ2n) is 4.21. The average molecular weight is 356 g/mol. The smallest absolute Gasteiger partial charge is 0.395 e. The predicted molar refractivity (Wildman–Crippen MR) is 79.9 cm³/mol. The Balaban J connectivity index is 2.66. The lowest BCUT2D eigenvalue weighted by molar-refractivity contribution is -0.137. The Morgan fingerprint density at radius 2 is 1.76 bits per heavy atom. The molecule has 0 aliphatic rings. The van der Waals surface area contributed by atoms with Gasteiger partial charge in [-0.1, -0.05) is 23.2 Å². The van der Waals surface area contributed by atoms with Crippen LogP contribution in [0.25, 0.3) is 11.3 Å². The SMILES string of the molecule is CSc1c(N)c(-c2c(Cl)cc(C(F)(F)F)cc2Cl)nn1C. The largest absolute Gasteiger partial charge is 0.416 e. The lowest BCUT2D eigenvalue weighted by Gasteiger charge is -2.11. The molecule has 1 aromatic carbocycles. The lowest BCUT2D eigenvalue weighted by Crippen LogP contribution is -2.05. The molecular formula is C12H10Cl2F3N3S. The van der Waals surface area contributed by atoms with Gasteiger partial charge < -0.3 is 5.73 Å². The first-order chi connectivity index (χ1) is 9.66. The second-order valence-corrected chi connectivity index (χ2v) is 5.82. The third-order valence-corrected chi connectivity index (χ3v) is 4.30. The molecule has 0 bridgehead atoms. The highest BCUT2D eigenvalue weighted by Gasteiger charge is 2.32. The van der Waals surface area contributed by atoms with Crippen molar-refractivity contribution >= 4 is 40.7 Å². The standard InChI is InChI=1S/C12H10Cl2F3N3S/c1-20-11(21-2)9(18)10(19-20)8-6(13)3-5(4-7(8)14)12(15,16)17/h3-4H,18H2,1-2H3. The van der Waals surface area contributed by atoms with E-state index in [4.69, 9.17) is 28.9 Å². The first-order valence-corrected chi connectivity index (χ1v) is 7.58. The Morgan fingerprint density at radius 3 is 2.14 bits per heavy atom. The summed E-state index contributed by atoms with van der Waals surface area (Å²) in [5, 5.41) is 4.57. The third kappa shape index (κ3) is 2.95. The van der Waals surface area contributed by atoms with Crippen molar-refractivity contribution in [2.75, 3.05) is 12.0 Å². The summed E-state index contributed by atoms with van der Waals surface area (Å²) in [6, 6.07) is 1.63. The molecule has 1 heterocycles. The predicted octanol–water partition coefficient (Wildman–Crippen LogP) is 4.72. The van der Waals surface area contributed by atoms with Crippen molar-refractivity contribution in [3.63, 3.8) is 0 Å². The van der Waals surface area contributed by atoms with Crippen molar-refractivity contribution in [1.29, 1.82) is 0 Å². The highest BCUT2D eigenvalue weighted by atomic mass is 35.5. The van der Waals surface area contributed by atoms with Gasteiger partial charge in [0.05, 0.1) is 21.3 Å². The topological polar surface area (TPSA) is 43.8 Å². The first kappa shape index (κ1) is 16.3. The summed E-state index contributed by atoms with van der Waals surface area (Å²) in [4.78, 5) is 0. The summed E-state index contributed by atoms with van der Waals surface area (Å²) in [6.07, 6.45) is -2.71. The average Bonchev–Trinajstić information content (AvgIpc) is 2.62. The summed E-state index contributed by atoms with van der Waals surface area (Å²) in [6.45, 7) is 0. The number of aryl methyl sites for hydroxylation is 1. The molecule has 2 rings (SSSR count). The maximum absolute atomic E-state index is 12.7. The molecule has 0 aliphatic heterocycles. The number of hydrogen-bond donors (Lipinski definition) is 1. The molecule has 0 spiro atoms. The Bertz CT molecular complexity index is 675. The van der Waals surface area contributed by atoms with Crippen molar-refractivity contribution in [3.05, 3.63) is 27.7 Å². The summed E-state index contributed by atoms with van der Waals surface area (Å²) < 4.78 is 39.7. The van der Waals surface area contributed by atoms with Crippen molar-refractivity contribution in [2.45, 2.75) is 11.2 Å². The van der Waals surface area contributed by atoms with Crippen LogP contribution < -0.4 is 5.73 Å². The van der Waals surface area contributed by atoms with E-state index in [1.165, 1.54) is 16.4 Å². The highest BCUT2D eigenvalue weighted by molar-refractivity contribution is 7.98. The van der Waals surface area contributed by atoms with Gasteiger partial charge in [0.2, 0.25) is 0 Å². The van der Waals surface area contributed by atoms with Gasteiger partial charge in [-0.2, -0.15) is 18.3 Å². The van der Waals surface area contributed by atoms with Crippen LogP contribution in [0.1, 0.15) is 5.56 Å². The Labute approximate surface area is 133 Å². The van der Waals surface area contributed by atoms with Gasteiger partial charge >= 0.3 is 6.18 Å². The fourth-order valence-corrected chi connectivity index (χ4v) is 3.20. The van der Waals surface area contributed by atoms with Crippen molar-refractivity contribution in [3.8, 4) is 11.3 Å². The van der Waals surface area contributed by atoms with E-state index >= 15 is 0 Å². The van der Waals surface area contributed by atoms with Crippen LogP contribution in [0.4, 0.5) is 18.9 Å². The van der Waals surface area contributed by atoms with Crippen molar-refractivity contribution < 1.29 is 13.2 Å². The number of thioether (sulfide) groups is 1. The van der Waals surface area contributed by atoms with E-state index in [-0.39, 0.29) is 21.3 Å². The molecule has 0 atom stereocenters. The molecule has 0 amide bonds. The van der Waals surface area contributed by atoms with Crippen LogP contribution in [0.2, 0.25) is 10.0 Å². The number of rotatable bonds is 2. The highest BCUT2D eigenvalue weighted by Crippen LogP contribution is 2.43. The number of nitrogens with two attached hydrogens (primary N) is 1. The van der Waals surface area contributed by atoms with E-state index < -0.39 is 11.7 Å². The Kier molecular flexibility index (Phi) is 4.37. The van der Waals surface area contributed by atoms with Gasteiger partial charge in [-0.3, -0.25) is 4.68 Å². The summed E-state index contributed by atoms with van der Waals surface area (Å²) >= 11 is 13.3. The Hall–Kier alpha value is -1.05. The number of aromatic nitrogens is 2. The molecule has 0 aliphatic carbocycles. The van der Waals surface area contributed by atoms with Crippen LogP contribution in [-0.4, -0.2) is 16.0 Å². The molecule has 114 valence electrons. The van der Waals surface area contributed by atoms with Crippen LogP contribution in [0.5, 0.6) is 0 Å². The fourth-order valence-electron chi connectivity index (χ4n) is 1.91. The molecule has 1 aromatic heterocycles. The molecule has 0 saturated carbocycles. The van der Waals surface area contributed by atoms with Crippen LogP contribution >= 0.6 is 35.0 Å². The zero-order valence-electron chi connectivity index (χ0n) is 10.9. The van der Waals surface area contributed by atoms with Gasteiger partial charge in [0, 0.05) is 12.6 Å². The van der Waals surface area contributed by atoms with Crippen molar-refractivity contribution in [1.82, 2.24) is 9.78 Å². The van der Waals surface area contributed by atoms with Crippen LogP contribution in [0.15, 0.2) is 17.2 Å². The molecular weight excluding hydrogens is 346 g/mol. The molecule has 2 aromatic rings. The van der Waals surface area contributed by atoms with Gasteiger partial charge in [-0.25, -0.2) is 0 Å². The molecule has 0 radical (unpaired) electrons. The molecule has 0 unspecified atom stereocenters. The summed E-state index contributed by atoms with van der Waals surface area (Å²) in [5.41, 5.74) is 5.84. The molecule has 2 N–H and O–H groups in total. The third-order valence-electron chi connectivity index (χ3n) is 2.83. The summed E-state index contributed by atoms with van der Waals surface area (Å²) in [5.74, 6) is 0. The van der Waals surface area contributed by atoms with E-state index in [2.05, 4.69) is 5.10 Å². The minimum absolute atomic E-state index is 0.146. The van der Waals surface area contributed by atoms with Crippen LogP contribution in [-0.2, 0) is 13.2 Å². The number of halogens is 5. The number of anilines is 1. The maximum Gasteiger partial charge on any atom is 0.416 e. The van der Waals surface area contributed by atoms with E-state index in [1.54, 1.807) is 7.05 Å². The van der Waals surface area contributed by atoms with Gasteiger partial charge in [0.25, 0.3) is 0 Å². The van der Waals surface area contributed by atoms with E-state index in [1.807, 2.05) is 6.26 Å².